The summed E-state index contributed by atoms with van der Waals surface area (Å²) in [4.78, 5) is 0. The Morgan fingerprint density at radius 3 is 2.00 bits per heavy atom. The SMILES string of the molecule is CC(C)[C@H](O)C#CC#CC#Cc1ccc(C(C)(C)C)cc1. The van der Waals surface area contributed by atoms with Gasteiger partial charge in [0.2, 0.25) is 0 Å². The fourth-order valence-electron chi connectivity index (χ4n) is 1.50. The highest BCUT2D eigenvalue weighted by atomic mass is 16.3. The molecule has 0 fully saturated rings. The maximum atomic E-state index is 9.48. The molecule has 0 aliphatic carbocycles. The van der Waals surface area contributed by atoms with Crippen molar-refractivity contribution in [3.8, 4) is 35.5 Å². The molecule has 0 spiro atoms. The predicted molar refractivity (Wildman–Crippen MR) is 88.4 cm³/mol. The van der Waals surface area contributed by atoms with Crippen LogP contribution in [0, 0.1) is 41.4 Å². The molecular weight excluding hydrogens is 256 g/mol. The quantitative estimate of drug-likeness (QED) is 0.781. The number of aliphatic hydroxyl groups is 1. The second-order valence-electron chi connectivity index (χ2n) is 6.29. The molecule has 0 aliphatic heterocycles. The normalized spacial score (nSPS) is 11.4. The minimum absolute atomic E-state index is 0.117. The summed E-state index contributed by atoms with van der Waals surface area (Å²) < 4.78 is 0. The molecular formula is C20H22O. The van der Waals surface area contributed by atoms with Gasteiger partial charge < -0.3 is 5.11 Å². The predicted octanol–water partition coefficient (Wildman–Crippen LogP) is 3.36. The third kappa shape index (κ3) is 6.23. The molecule has 1 nitrogen and oxygen atoms in total. The van der Waals surface area contributed by atoms with Crippen LogP contribution in [-0.4, -0.2) is 11.2 Å². The van der Waals surface area contributed by atoms with Crippen LogP contribution in [0.25, 0.3) is 0 Å². The van der Waals surface area contributed by atoms with Crippen LogP contribution >= 0.6 is 0 Å². The molecule has 1 atom stereocenters. The van der Waals surface area contributed by atoms with E-state index in [-0.39, 0.29) is 11.3 Å². The summed E-state index contributed by atoms with van der Waals surface area (Å²) in [6.07, 6.45) is -0.628. The van der Waals surface area contributed by atoms with Crippen LogP contribution in [0.2, 0.25) is 0 Å². The first-order valence-electron chi connectivity index (χ1n) is 7.11. The third-order valence-corrected chi connectivity index (χ3v) is 3.00. The maximum Gasteiger partial charge on any atom is 0.118 e. The lowest BCUT2D eigenvalue weighted by Gasteiger charge is -2.18. The summed E-state index contributed by atoms with van der Waals surface area (Å²) in [6, 6.07) is 8.19. The molecule has 1 rings (SSSR count). The van der Waals surface area contributed by atoms with Gasteiger partial charge in [-0.2, -0.15) is 0 Å². The third-order valence-electron chi connectivity index (χ3n) is 3.00. The van der Waals surface area contributed by atoms with Crippen molar-refractivity contribution >= 4 is 0 Å². The van der Waals surface area contributed by atoms with Crippen molar-refractivity contribution in [2.24, 2.45) is 5.92 Å². The molecule has 0 saturated heterocycles. The molecule has 0 unspecified atom stereocenters. The van der Waals surface area contributed by atoms with Gasteiger partial charge in [0, 0.05) is 5.56 Å². The lowest BCUT2D eigenvalue weighted by molar-refractivity contribution is 0.181. The Balaban J connectivity index is 2.69. The number of hydrogen-bond donors (Lipinski definition) is 1. The Labute approximate surface area is 128 Å². The van der Waals surface area contributed by atoms with Crippen LogP contribution < -0.4 is 0 Å². The fraction of sp³-hybridized carbons (Fsp3) is 0.400. The van der Waals surface area contributed by atoms with Gasteiger partial charge in [-0.15, -0.1) is 0 Å². The molecule has 1 aromatic carbocycles. The highest BCUT2D eigenvalue weighted by Crippen LogP contribution is 2.21. The Hall–Kier alpha value is -2.14. The van der Waals surface area contributed by atoms with Crippen LogP contribution in [0.4, 0.5) is 0 Å². The second kappa shape index (κ2) is 7.59. The molecule has 0 amide bonds. The number of aliphatic hydroxyl groups excluding tert-OH is 1. The van der Waals surface area contributed by atoms with E-state index in [4.69, 9.17) is 0 Å². The van der Waals surface area contributed by atoms with Crippen LogP contribution in [0.5, 0.6) is 0 Å². The van der Waals surface area contributed by atoms with Gasteiger partial charge in [0.05, 0.1) is 0 Å². The van der Waals surface area contributed by atoms with Crippen LogP contribution in [-0.2, 0) is 5.41 Å². The molecule has 1 aromatic rings. The zero-order valence-corrected chi connectivity index (χ0v) is 13.4. The highest BCUT2D eigenvalue weighted by Gasteiger charge is 2.12. The minimum atomic E-state index is -0.628. The zero-order valence-electron chi connectivity index (χ0n) is 13.4. The van der Waals surface area contributed by atoms with E-state index in [1.807, 2.05) is 26.0 Å². The molecule has 0 radical (unpaired) electrons. The first-order chi connectivity index (χ1) is 9.80. The fourth-order valence-corrected chi connectivity index (χ4v) is 1.50. The molecule has 0 saturated carbocycles. The number of rotatable bonds is 1. The van der Waals surface area contributed by atoms with Crippen molar-refractivity contribution in [3.63, 3.8) is 0 Å². The largest absolute Gasteiger partial charge is 0.380 e. The van der Waals surface area contributed by atoms with Gasteiger partial charge >= 0.3 is 0 Å². The summed E-state index contributed by atoms with van der Waals surface area (Å²) in [5, 5.41) is 9.48. The van der Waals surface area contributed by atoms with E-state index in [9.17, 15) is 5.11 Å². The van der Waals surface area contributed by atoms with Crippen LogP contribution in [0.3, 0.4) is 0 Å². The van der Waals surface area contributed by atoms with Crippen molar-refractivity contribution in [1.82, 2.24) is 0 Å². The van der Waals surface area contributed by atoms with Gasteiger partial charge in [-0.1, -0.05) is 58.6 Å². The van der Waals surface area contributed by atoms with Crippen LogP contribution in [0.15, 0.2) is 24.3 Å². The zero-order chi connectivity index (χ0) is 15.9. The smallest absolute Gasteiger partial charge is 0.118 e. The maximum absolute atomic E-state index is 9.48. The Kier molecular flexibility index (Phi) is 6.11. The van der Waals surface area contributed by atoms with Crippen molar-refractivity contribution in [3.05, 3.63) is 35.4 Å². The minimum Gasteiger partial charge on any atom is -0.380 e. The van der Waals surface area contributed by atoms with Crippen LogP contribution in [0.1, 0.15) is 45.7 Å². The van der Waals surface area contributed by atoms with Crippen molar-refractivity contribution < 1.29 is 5.11 Å². The van der Waals surface area contributed by atoms with Gasteiger partial charge in [-0.3, -0.25) is 0 Å². The Bertz CT molecular complexity index is 638. The lowest BCUT2D eigenvalue weighted by atomic mass is 9.87. The molecule has 1 N–H and O–H groups in total. The molecule has 0 heterocycles. The highest BCUT2D eigenvalue weighted by molar-refractivity contribution is 5.44. The van der Waals surface area contributed by atoms with Gasteiger partial charge in [0.15, 0.2) is 0 Å². The molecule has 0 aliphatic rings. The van der Waals surface area contributed by atoms with Crippen molar-refractivity contribution in [2.45, 2.75) is 46.1 Å². The van der Waals surface area contributed by atoms with Crippen molar-refractivity contribution in [1.29, 1.82) is 0 Å². The van der Waals surface area contributed by atoms with Gasteiger partial charge in [-0.25, -0.2) is 0 Å². The molecule has 108 valence electrons. The average molecular weight is 278 g/mol. The number of benzene rings is 1. The van der Waals surface area contributed by atoms with Gasteiger partial charge in [0.25, 0.3) is 0 Å². The molecule has 0 bridgehead atoms. The molecule has 0 aromatic heterocycles. The van der Waals surface area contributed by atoms with E-state index in [0.29, 0.717) is 0 Å². The second-order valence-corrected chi connectivity index (χ2v) is 6.29. The topological polar surface area (TPSA) is 20.2 Å². The first-order valence-corrected chi connectivity index (χ1v) is 7.11. The Morgan fingerprint density at radius 2 is 1.48 bits per heavy atom. The van der Waals surface area contributed by atoms with E-state index in [2.05, 4.69) is 68.4 Å². The number of hydrogen-bond acceptors (Lipinski definition) is 1. The lowest BCUT2D eigenvalue weighted by Crippen LogP contribution is -2.10. The molecule has 1 heteroatoms. The Morgan fingerprint density at radius 1 is 0.905 bits per heavy atom. The first kappa shape index (κ1) is 16.9. The standard InChI is InChI=1S/C20H22O/c1-16(2)19(21)11-9-7-6-8-10-17-12-14-18(15-13-17)20(3,4)5/h12-16,19,21H,1-5H3/t19-/m1/s1. The van der Waals surface area contributed by atoms with E-state index in [1.165, 1.54) is 5.56 Å². The van der Waals surface area contributed by atoms with E-state index in [1.54, 1.807) is 0 Å². The van der Waals surface area contributed by atoms with E-state index < -0.39 is 6.10 Å². The summed E-state index contributed by atoms with van der Waals surface area (Å²) >= 11 is 0. The summed E-state index contributed by atoms with van der Waals surface area (Å²) in [5.41, 5.74) is 2.37. The summed E-state index contributed by atoms with van der Waals surface area (Å²) in [6.45, 7) is 10.4. The summed E-state index contributed by atoms with van der Waals surface area (Å²) in [5.74, 6) is 16.5. The average Bonchev–Trinajstić information content (AvgIpc) is 2.41. The monoisotopic (exact) mass is 278 g/mol. The summed E-state index contributed by atoms with van der Waals surface area (Å²) in [7, 11) is 0. The van der Waals surface area contributed by atoms with E-state index in [0.717, 1.165) is 5.56 Å². The van der Waals surface area contributed by atoms with E-state index >= 15 is 0 Å². The van der Waals surface area contributed by atoms with Crippen molar-refractivity contribution in [2.75, 3.05) is 0 Å². The van der Waals surface area contributed by atoms with Gasteiger partial charge in [0.1, 0.15) is 6.10 Å². The molecule has 21 heavy (non-hydrogen) atoms. The van der Waals surface area contributed by atoms with Gasteiger partial charge in [-0.05, 0) is 52.7 Å².